The molecule has 1 amide bonds. The van der Waals surface area contributed by atoms with Crippen molar-refractivity contribution in [1.82, 2.24) is 19.8 Å². The summed E-state index contributed by atoms with van der Waals surface area (Å²) in [5.41, 5.74) is 0.889. The molecule has 10 heteroatoms. The molecular weight excluding hydrogens is 384 g/mol. The molecule has 1 aliphatic heterocycles. The van der Waals surface area contributed by atoms with Gasteiger partial charge in [0.1, 0.15) is 5.75 Å². The molecule has 28 heavy (non-hydrogen) atoms. The van der Waals surface area contributed by atoms with Crippen molar-refractivity contribution < 1.29 is 22.5 Å². The molecule has 0 saturated carbocycles. The monoisotopic (exact) mass is 408 g/mol. The summed E-state index contributed by atoms with van der Waals surface area (Å²) < 4.78 is 35.6. The van der Waals surface area contributed by atoms with Crippen LogP contribution in [0.1, 0.15) is 42.6 Å². The molecule has 0 radical (unpaired) electrons. The summed E-state index contributed by atoms with van der Waals surface area (Å²) >= 11 is 0. The van der Waals surface area contributed by atoms with Gasteiger partial charge in [0.2, 0.25) is 21.8 Å². The molecule has 2 heterocycles. The van der Waals surface area contributed by atoms with Gasteiger partial charge in [0.25, 0.3) is 0 Å². The first-order valence-corrected chi connectivity index (χ1v) is 10.9. The van der Waals surface area contributed by atoms with E-state index < -0.39 is 16.1 Å². The standard InChI is InChI=1S/C18H24N4O5S/c1-26-15-8-4-3-6-13(15)12-19-16(23)9-10-17-20-18(21-27-17)14-7-5-11-22(14)28(2,24)25/h3-4,6,8,14H,5,7,9-12H2,1-2H3,(H,19,23). The number of nitrogens with one attached hydrogen (secondary N) is 1. The molecule has 3 rings (SSSR count). The van der Waals surface area contributed by atoms with Crippen LogP contribution in [-0.4, -0.2) is 48.7 Å². The predicted molar refractivity (Wildman–Crippen MR) is 101 cm³/mol. The van der Waals surface area contributed by atoms with E-state index in [1.165, 1.54) is 10.6 Å². The van der Waals surface area contributed by atoms with Crippen molar-refractivity contribution in [2.75, 3.05) is 19.9 Å². The first-order valence-electron chi connectivity index (χ1n) is 9.06. The second kappa shape index (κ2) is 8.70. The molecule has 0 aliphatic carbocycles. The molecule has 1 atom stereocenters. The smallest absolute Gasteiger partial charge is 0.227 e. The zero-order valence-electron chi connectivity index (χ0n) is 15.9. The van der Waals surface area contributed by atoms with Gasteiger partial charge in [-0.3, -0.25) is 4.79 Å². The van der Waals surface area contributed by atoms with E-state index in [9.17, 15) is 13.2 Å². The van der Waals surface area contributed by atoms with Crippen LogP contribution in [0.15, 0.2) is 28.8 Å². The Morgan fingerprint density at radius 1 is 1.39 bits per heavy atom. The Labute approximate surface area is 164 Å². The number of nitrogens with zero attached hydrogens (tertiary/aromatic N) is 3. The van der Waals surface area contributed by atoms with Crippen LogP contribution in [0.25, 0.3) is 0 Å². The van der Waals surface area contributed by atoms with Gasteiger partial charge in [-0.1, -0.05) is 23.4 Å². The van der Waals surface area contributed by atoms with E-state index in [1.54, 1.807) is 7.11 Å². The second-order valence-corrected chi connectivity index (χ2v) is 8.60. The Hall–Kier alpha value is -2.46. The molecule has 1 aromatic heterocycles. The van der Waals surface area contributed by atoms with Gasteiger partial charge in [-0.15, -0.1) is 0 Å². The number of para-hydroxylation sites is 1. The third kappa shape index (κ3) is 4.87. The summed E-state index contributed by atoms with van der Waals surface area (Å²) in [5.74, 6) is 1.25. The molecular formula is C18H24N4O5S. The van der Waals surface area contributed by atoms with Gasteiger partial charge in [0.05, 0.1) is 19.4 Å². The van der Waals surface area contributed by atoms with E-state index >= 15 is 0 Å². The Balaban J connectivity index is 1.52. The van der Waals surface area contributed by atoms with Gasteiger partial charge in [-0.25, -0.2) is 8.42 Å². The van der Waals surface area contributed by atoms with Crippen molar-refractivity contribution >= 4 is 15.9 Å². The molecule has 1 fully saturated rings. The van der Waals surface area contributed by atoms with Gasteiger partial charge < -0.3 is 14.6 Å². The number of rotatable bonds is 8. The van der Waals surface area contributed by atoms with Crippen molar-refractivity contribution in [1.29, 1.82) is 0 Å². The summed E-state index contributed by atoms with van der Waals surface area (Å²) in [4.78, 5) is 16.4. The third-order valence-electron chi connectivity index (χ3n) is 4.65. The third-order valence-corrected chi connectivity index (χ3v) is 5.93. The molecule has 9 nitrogen and oxygen atoms in total. The maximum absolute atomic E-state index is 12.1. The summed E-state index contributed by atoms with van der Waals surface area (Å²) in [6, 6.07) is 7.08. The first-order chi connectivity index (χ1) is 13.4. The van der Waals surface area contributed by atoms with E-state index in [0.717, 1.165) is 17.7 Å². The lowest BCUT2D eigenvalue weighted by Gasteiger charge is -2.18. The molecule has 1 aliphatic rings. The van der Waals surface area contributed by atoms with Crippen molar-refractivity contribution in [3.63, 3.8) is 0 Å². The topological polar surface area (TPSA) is 115 Å². The van der Waals surface area contributed by atoms with E-state index in [2.05, 4.69) is 15.5 Å². The van der Waals surface area contributed by atoms with Crippen LogP contribution in [0.4, 0.5) is 0 Å². The number of methoxy groups -OCH3 is 1. The van der Waals surface area contributed by atoms with E-state index in [1.807, 2.05) is 24.3 Å². The van der Waals surface area contributed by atoms with Gasteiger partial charge in [-0.2, -0.15) is 9.29 Å². The minimum atomic E-state index is -3.32. The predicted octanol–water partition coefficient (Wildman–Crippen LogP) is 1.42. The number of ether oxygens (including phenoxy) is 1. The number of hydrogen-bond donors (Lipinski definition) is 1. The number of aromatic nitrogens is 2. The number of carbonyl (C=O) groups is 1. The number of hydrogen-bond acceptors (Lipinski definition) is 7. The zero-order valence-corrected chi connectivity index (χ0v) is 16.7. The summed E-state index contributed by atoms with van der Waals surface area (Å²) in [5, 5.41) is 6.75. The van der Waals surface area contributed by atoms with Crippen LogP contribution in [0, 0.1) is 0 Å². The number of sulfonamides is 1. The number of amides is 1. The Morgan fingerprint density at radius 3 is 2.93 bits per heavy atom. The minimum Gasteiger partial charge on any atom is -0.496 e. The molecule has 152 valence electrons. The number of aryl methyl sites for hydroxylation is 1. The zero-order chi connectivity index (χ0) is 20.1. The average Bonchev–Trinajstić information content (AvgIpc) is 3.33. The van der Waals surface area contributed by atoms with E-state index in [4.69, 9.17) is 9.26 Å². The average molecular weight is 408 g/mol. The summed E-state index contributed by atoms with van der Waals surface area (Å²) in [6.07, 6.45) is 3.07. The molecule has 1 unspecified atom stereocenters. The fourth-order valence-corrected chi connectivity index (χ4v) is 4.37. The lowest BCUT2D eigenvalue weighted by molar-refractivity contribution is -0.121. The lowest BCUT2D eigenvalue weighted by atomic mass is 10.2. The fourth-order valence-electron chi connectivity index (χ4n) is 3.25. The van der Waals surface area contributed by atoms with Gasteiger partial charge in [-0.05, 0) is 18.9 Å². The Kier molecular flexibility index (Phi) is 6.30. The van der Waals surface area contributed by atoms with Crippen LogP contribution >= 0.6 is 0 Å². The van der Waals surface area contributed by atoms with Gasteiger partial charge in [0.15, 0.2) is 5.82 Å². The number of carbonyl (C=O) groups excluding carboxylic acids is 1. The van der Waals surface area contributed by atoms with Crippen LogP contribution in [0.3, 0.4) is 0 Å². The molecule has 2 aromatic rings. The molecule has 1 N–H and O–H groups in total. The van der Waals surface area contributed by atoms with Crippen molar-refractivity contribution in [2.24, 2.45) is 0 Å². The van der Waals surface area contributed by atoms with Crippen LogP contribution in [0.5, 0.6) is 5.75 Å². The van der Waals surface area contributed by atoms with E-state index in [0.29, 0.717) is 31.2 Å². The first kappa shape index (κ1) is 20.3. The Bertz CT molecular complexity index is 928. The number of benzene rings is 1. The highest BCUT2D eigenvalue weighted by molar-refractivity contribution is 7.88. The highest BCUT2D eigenvalue weighted by Crippen LogP contribution is 2.32. The van der Waals surface area contributed by atoms with Crippen LogP contribution in [-0.2, 0) is 27.8 Å². The van der Waals surface area contributed by atoms with E-state index in [-0.39, 0.29) is 18.7 Å². The summed E-state index contributed by atoms with van der Waals surface area (Å²) in [7, 11) is -1.73. The fraction of sp³-hybridized carbons (Fsp3) is 0.500. The van der Waals surface area contributed by atoms with Crippen molar-refractivity contribution in [2.45, 2.75) is 38.3 Å². The normalized spacial score (nSPS) is 17.6. The van der Waals surface area contributed by atoms with Crippen LogP contribution < -0.4 is 10.1 Å². The quantitative estimate of drug-likeness (QED) is 0.702. The SMILES string of the molecule is COc1ccccc1CNC(=O)CCc1nc(C2CCCN2S(C)(=O)=O)no1. The minimum absolute atomic E-state index is 0.149. The maximum atomic E-state index is 12.1. The van der Waals surface area contributed by atoms with Crippen LogP contribution in [0.2, 0.25) is 0 Å². The summed E-state index contributed by atoms with van der Waals surface area (Å²) in [6.45, 7) is 0.821. The maximum Gasteiger partial charge on any atom is 0.227 e. The highest BCUT2D eigenvalue weighted by atomic mass is 32.2. The van der Waals surface area contributed by atoms with Gasteiger partial charge >= 0.3 is 0 Å². The Morgan fingerprint density at radius 2 is 2.18 bits per heavy atom. The van der Waals surface area contributed by atoms with Crippen molar-refractivity contribution in [3.05, 3.63) is 41.5 Å². The highest BCUT2D eigenvalue weighted by Gasteiger charge is 2.35. The second-order valence-electron chi connectivity index (χ2n) is 6.67. The van der Waals surface area contributed by atoms with Crippen molar-refractivity contribution in [3.8, 4) is 5.75 Å². The lowest BCUT2D eigenvalue weighted by Crippen LogP contribution is -2.30. The molecule has 0 bridgehead atoms. The van der Waals surface area contributed by atoms with Gasteiger partial charge in [0, 0.05) is 31.5 Å². The molecule has 1 aromatic carbocycles. The largest absolute Gasteiger partial charge is 0.496 e. The molecule has 1 saturated heterocycles. The molecule has 0 spiro atoms.